The van der Waals surface area contributed by atoms with Gasteiger partial charge >= 0.3 is 0 Å². The van der Waals surface area contributed by atoms with E-state index in [1.807, 2.05) is 13.8 Å². The van der Waals surface area contributed by atoms with Crippen molar-refractivity contribution in [1.82, 2.24) is 0 Å². The highest BCUT2D eigenvalue weighted by Crippen LogP contribution is 2.39. The molecular weight excluding hydrogens is 267 g/mol. The SMILES string of the molecule is CC1(C)CC(=O)C(C(=O)c2ccc(F)cc2)=C(Cl)C1. The molecule has 0 bridgehead atoms. The molecule has 0 radical (unpaired) electrons. The zero-order valence-corrected chi connectivity index (χ0v) is 11.6. The lowest BCUT2D eigenvalue weighted by Gasteiger charge is -2.29. The molecule has 0 aliphatic heterocycles. The van der Waals surface area contributed by atoms with Gasteiger partial charge in [0.15, 0.2) is 11.6 Å². The molecular formula is C15H14ClFO2. The van der Waals surface area contributed by atoms with Gasteiger partial charge in [0.05, 0.1) is 5.57 Å². The van der Waals surface area contributed by atoms with Crippen LogP contribution in [0, 0.1) is 11.2 Å². The molecule has 2 nitrogen and oxygen atoms in total. The van der Waals surface area contributed by atoms with Crippen molar-refractivity contribution >= 4 is 23.2 Å². The minimum Gasteiger partial charge on any atom is -0.294 e. The van der Waals surface area contributed by atoms with Crippen LogP contribution in [0.5, 0.6) is 0 Å². The van der Waals surface area contributed by atoms with Crippen molar-refractivity contribution in [3.8, 4) is 0 Å². The van der Waals surface area contributed by atoms with Crippen LogP contribution in [0.4, 0.5) is 4.39 Å². The van der Waals surface area contributed by atoms with E-state index in [4.69, 9.17) is 11.6 Å². The Morgan fingerprint density at radius 2 is 1.79 bits per heavy atom. The van der Waals surface area contributed by atoms with E-state index < -0.39 is 11.6 Å². The number of Topliss-reactive ketones (excluding diaryl/α,β-unsaturated/α-hetero) is 2. The van der Waals surface area contributed by atoms with Crippen LogP contribution >= 0.6 is 11.6 Å². The van der Waals surface area contributed by atoms with Crippen LogP contribution in [0.2, 0.25) is 0 Å². The van der Waals surface area contributed by atoms with Crippen LogP contribution in [-0.2, 0) is 4.79 Å². The maximum Gasteiger partial charge on any atom is 0.197 e. The molecule has 0 aromatic heterocycles. The molecule has 19 heavy (non-hydrogen) atoms. The largest absolute Gasteiger partial charge is 0.294 e. The van der Waals surface area contributed by atoms with E-state index >= 15 is 0 Å². The fourth-order valence-electron chi connectivity index (χ4n) is 2.24. The van der Waals surface area contributed by atoms with Crippen molar-refractivity contribution < 1.29 is 14.0 Å². The van der Waals surface area contributed by atoms with E-state index in [1.165, 1.54) is 24.3 Å². The third-order valence-electron chi connectivity index (χ3n) is 3.16. The highest BCUT2D eigenvalue weighted by molar-refractivity contribution is 6.39. The standard InChI is InChI=1S/C15H14ClFO2/c1-15(2)7-11(16)13(12(18)8-15)14(19)9-3-5-10(17)6-4-9/h3-6H,7-8H2,1-2H3. The van der Waals surface area contributed by atoms with E-state index in [0.29, 0.717) is 17.9 Å². The zero-order chi connectivity index (χ0) is 14.2. The van der Waals surface area contributed by atoms with Crippen LogP contribution in [0.1, 0.15) is 37.0 Å². The average molecular weight is 281 g/mol. The Morgan fingerprint density at radius 3 is 2.32 bits per heavy atom. The van der Waals surface area contributed by atoms with E-state index in [2.05, 4.69) is 0 Å². The van der Waals surface area contributed by atoms with Crippen molar-refractivity contribution in [1.29, 1.82) is 0 Å². The summed E-state index contributed by atoms with van der Waals surface area (Å²) in [5.41, 5.74) is 0.107. The molecule has 0 saturated heterocycles. The van der Waals surface area contributed by atoms with Gasteiger partial charge in [-0.1, -0.05) is 25.4 Å². The van der Waals surface area contributed by atoms with E-state index in [0.717, 1.165) is 0 Å². The molecule has 0 amide bonds. The van der Waals surface area contributed by atoms with E-state index in [-0.39, 0.29) is 22.3 Å². The van der Waals surface area contributed by atoms with Crippen molar-refractivity contribution in [2.75, 3.05) is 0 Å². The summed E-state index contributed by atoms with van der Waals surface area (Å²) in [6.07, 6.45) is 0.800. The van der Waals surface area contributed by atoms with Gasteiger partial charge in [-0.2, -0.15) is 0 Å². The van der Waals surface area contributed by atoms with Crippen LogP contribution in [0.25, 0.3) is 0 Å². The van der Waals surface area contributed by atoms with Crippen molar-refractivity contribution in [3.63, 3.8) is 0 Å². The summed E-state index contributed by atoms with van der Waals surface area (Å²) in [5, 5.41) is 0.301. The first kappa shape index (κ1) is 13.9. The highest BCUT2D eigenvalue weighted by atomic mass is 35.5. The Kier molecular flexibility index (Phi) is 3.59. The predicted molar refractivity (Wildman–Crippen MR) is 71.6 cm³/mol. The van der Waals surface area contributed by atoms with Gasteiger partial charge in [0.1, 0.15) is 5.82 Å². The molecule has 4 heteroatoms. The third-order valence-corrected chi connectivity index (χ3v) is 3.48. The second kappa shape index (κ2) is 4.89. The summed E-state index contributed by atoms with van der Waals surface area (Å²) in [6, 6.07) is 5.11. The lowest BCUT2D eigenvalue weighted by Crippen LogP contribution is -2.28. The first-order valence-corrected chi connectivity index (χ1v) is 6.40. The van der Waals surface area contributed by atoms with Crippen molar-refractivity contribution in [3.05, 3.63) is 46.3 Å². The summed E-state index contributed by atoms with van der Waals surface area (Å²) in [6.45, 7) is 3.87. The van der Waals surface area contributed by atoms with Crippen molar-refractivity contribution in [2.45, 2.75) is 26.7 Å². The van der Waals surface area contributed by atoms with E-state index in [9.17, 15) is 14.0 Å². The van der Waals surface area contributed by atoms with Crippen LogP contribution in [0.3, 0.4) is 0 Å². The summed E-state index contributed by atoms with van der Waals surface area (Å²) in [5.74, 6) is -1.09. The van der Waals surface area contributed by atoms with Crippen LogP contribution < -0.4 is 0 Å². The average Bonchev–Trinajstić information content (AvgIpc) is 2.26. The Balaban J connectivity index is 2.38. The molecule has 2 rings (SSSR count). The molecule has 0 heterocycles. The molecule has 0 unspecified atom stereocenters. The number of rotatable bonds is 2. The predicted octanol–water partition coefficient (Wildman–Crippen LogP) is 3.89. The molecule has 100 valence electrons. The molecule has 0 spiro atoms. The number of hydrogen-bond acceptors (Lipinski definition) is 2. The van der Waals surface area contributed by atoms with Gasteiger partial charge in [0, 0.05) is 17.0 Å². The summed E-state index contributed by atoms with van der Waals surface area (Å²) in [7, 11) is 0. The fourth-order valence-corrected chi connectivity index (χ4v) is 2.79. The summed E-state index contributed by atoms with van der Waals surface area (Å²) in [4.78, 5) is 24.3. The number of carbonyl (C=O) groups is 2. The topological polar surface area (TPSA) is 34.1 Å². The molecule has 0 saturated carbocycles. The second-order valence-electron chi connectivity index (χ2n) is 5.56. The second-order valence-corrected chi connectivity index (χ2v) is 6.01. The first-order valence-electron chi connectivity index (χ1n) is 6.02. The molecule has 0 fully saturated rings. The first-order chi connectivity index (χ1) is 8.80. The number of benzene rings is 1. The van der Waals surface area contributed by atoms with Gasteiger partial charge in [-0.05, 0) is 36.1 Å². The van der Waals surface area contributed by atoms with Gasteiger partial charge in [-0.25, -0.2) is 4.39 Å². The number of ketones is 2. The number of halogens is 2. The lowest BCUT2D eigenvalue weighted by atomic mass is 9.76. The minimum atomic E-state index is -0.425. The number of hydrogen-bond donors (Lipinski definition) is 0. The van der Waals surface area contributed by atoms with Gasteiger partial charge in [-0.3, -0.25) is 9.59 Å². The quantitative estimate of drug-likeness (QED) is 0.608. The maximum atomic E-state index is 12.8. The van der Waals surface area contributed by atoms with Crippen molar-refractivity contribution in [2.24, 2.45) is 5.41 Å². The fraction of sp³-hybridized carbons (Fsp3) is 0.333. The van der Waals surface area contributed by atoms with Crippen LogP contribution in [0.15, 0.2) is 34.9 Å². The number of carbonyl (C=O) groups excluding carboxylic acids is 2. The normalized spacial score (nSPS) is 18.6. The molecule has 1 aliphatic carbocycles. The van der Waals surface area contributed by atoms with Gasteiger partial charge in [-0.15, -0.1) is 0 Å². The molecule has 0 N–H and O–H groups in total. The summed E-state index contributed by atoms with van der Waals surface area (Å²) >= 11 is 6.10. The number of allylic oxidation sites excluding steroid dienone is 2. The van der Waals surface area contributed by atoms with Crippen LogP contribution in [-0.4, -0.2) is 11.6 Å². The molecule has 1 aliphatic rings. The zero-order valence-electron chi connectivity index (χ0n) is 10.8. The van der Waals surface area contributed by atoms with E-state index in [1.54, 1.807) is 0 Å². The maximum absolute atomic E-state index is 12.8. The Labute approximate surface area is 116 Å². The highest BCUT2D eigenvalue weighted by Gasteiger charge is 2.35. The Hall–Kier alpha value is -1.48. The molecule has 1 aromatic rings. The smallest absolute Gasteiger partial charge is 0.197 e. The minimum absolute atomic E-state index is 0.0487. The summed E-state index contributed by atoms with van der Waals surface area (Å²) < 4.78 is 12.8. The van der Waals surface area contributed by atoms with Gasteiger partial charge in [0.2, 0.25) is 0 Å². The lowest BCUT2D eigenvalue weighted by molar-refractivity contribution is -0.117. The Morgan fingerprint density at radius 1 is 1.21 bits per heavy atom. The van der Waals surface area contributed by atoms with Gasteiger partial charge in [0.25, 0.3) is 0 Å². The third kappa shape index (κ3) is 2.92. The molecule has 0 atom stereocenters. The Bertz CT molecular complexity index is 570. The van der Waals surface area contributed by atoms with Gasteiger partial charge < -0.3 is 0 Å². The monoisotopic (exact) mass is 280 g/mol. The molecule has 1 aromatic carbocycles.